The van der Waals surface area contributed by atoms with Crippen LogP contribution >= 0.6 is 0 Å². The van der Waals surface area contributed by atoms with Crippen LogP contribution in [0.5, 0.6) is 5.75 Å². The Morgan fingerprint density at radius 2 is 1.85 bits per heavy atom. The summed E-state index contributed by atoms with van der Waals surface area (Å²) in [5.41, 5.74) is 6.18. The molecule has 2 atom stereocenters. The zero-order chi connectivity index (χ0) is 15.3. The lowest BCUT2D eigenvalue weighted by atomic mass is 10.1. The van der Waals surface area contributed by atoms with E-state index in [1.807, 2.05) is 0 Å². The molecular formula is C13H17F3N2O2. The topological polar surface area (TPSA) is 64.4 Å². The van der Waals surface area contributed by atoms with Gasteiger partial charge in [0.2, 0.25) is 5.91 Å². The standard InChI is InChI=1S/C13H17F3N2O2/c1-8(17)7-12(19)18-9(2)10-3-5-11(6-4-10)20-13(14,15)16/h3-6,8-9H,7,17H2,1-2H3,(H,18,19). The van der Waals surface area contributed by atoms with Gasteiger partial charge in [-0.05, 0) is 31.5 Å². The maximum absolute atomic E-state index is 12.0. The highest BCUT2D eigenvalue weighted by Gasteiger charge is 2.31. The van der Waals surface area contributed by atoms with Crippen LogP contribution in [0, 0.1) is 0 Å². The molecule has 2 unspecified atom stereocenters. The van der Waals surface area contributed by atoms with E-state index >= 15 is 0 Å². The summed E-state index contributed by atoms with van der Waals surface area (Å²) < 4.78 is 39.8. The fraction of sp³-hybridized carbons (Fsp3) is 0.462. The molecule has 0 heterocycles. The van der Waals surface area contributed by atoms with Gasteiger partial charge in [0.05, 0.1) is 6.04 Å². The third kappa shape index (κ3) is 5.92. The summed E-state index contributed by atoms with van der Waals surface area (Å²) in [5, 5.41) is 2.71. The first-order valence-corrected chi connectivity index (χ1v) is 6.08. The van der Waals surface area contributed by atoms with Crippen molar-refractivity contribution >= 4 is 5.91 Å². The van der Waals surface area contributed by atoms with Gasteiger partial charge in [-0.25, -0.2) is 0 Å². The van der Waals surface area contributed by atoms with Crippen molar-refractivity contribution in [3.8, 4) is 5.75 Å². The van der Waals surface area contributed by atoms with E-state index in [0.717, 1.165) is 0 Å². The van der Waals surface area contributed by atoms with Crippen molar-refractivity contribution in [2.24, 2.45) is 5.73 Å². The molecule has 112 valence electrons. The number of benzene rings is 1. The van der Waals surface area contributed by atoms with Crippen molar-refractivity contribution in [1.29, 1.82) is 0 Å². The van der Waals surface area contributed by atoms with Crippen molar-refractivity contribution in [3.05, 3.63) is 29.8 Å². The Morgan fingerprint density at radius 3 is 2.30 bits per heavy atom. The van der Waals surface area contributed by atoms with Crippen LogP contribution in [-0.2, 0) is 4.79 Å². The van der Waals surface area contributed by atoms with Crippen molar-refractivity contribution in [2.75, 3.05) is 0 Å². The Kier molecular flexibility index (Phi) is 5.38. The second-order valence-electron chi connectivity index (χ2n) is 4.59. The minimum Gasteiger partial charge on any atom is -0.406 e. The van der Waals surface area contributed by atoms with Crippen LogP contribution in [-0.4, -0.2) is 18.3 Å². The van der Waals surface area contributed by atoms with Crippen molar-refractivity contribution in [3.63, 3.8) is 0 Å². The number of nitrogens with one attached hydrogen (secondary N) is 1. The quantitative estimate of drug-likeness (QED) is 0.875. The van der Waals surface area contributed by atoms with Gasteiger partial charge in [0.1, 0.15) is 5.75 Å². The number of hydrogen-bond donors (Lipinski definition) is 2. The van der Waals surface area contributed by atoms with Crippen LogP contribution < -0.4 is 15.8 Å². The highest BCUT2D eigenvalue weighted by Crippen LogP contribution is 2.24. The SMILES string of the molecule is CC(N)CC(=O)NC(C)c1ccc(OC(F)(F)F)cc1. The lowest BCUT2D eigenvalue weighted by molar-refractivity contribution is -0.274. The predicted molar refractivity (Wildman–Crippen MR) is 67.9 cm³/mol. The first kappa shape index (κ1) is 16.3. The molecule has 20 heavy (non-hydrogen) atoms. The van der Waals surface area contributed by atoms with Gasteiger partial charge in [-0.1, -0.05) is 12.1 Å². The van der Waals surface area contributed by atoms with E-state index in [-0.39, 0.29) is 30.2 Å². The molecule has 1 amide bonds. The zero-order valence-corrected chi connectivity index (χ0v) is 11.2. The minimum absolute atomic E-state index is 0.194. The molecule has 0 saturated heterocycles. The minimum atomic E-state index is -4.71. The number of rotatable bonds is 5. The lowest BCUT2D eigenvalue weighted by Gasteiger charge is -2.16. The predicted octanol–water partition coefficient (Wildman–Crippen LogP) is 2.50. The van der Waals surface area contributed by atoms with E-state index in [4.69, 9.17) is 5.73 Å². The van der Waals surface area contributed by atoms with Crippen LogP contribution in [0.1, 0.15) is 31.9 Å². The van der Waals surface area contributed by atoms with E-state index in [0.29, 0.717) is 5.56 Å². The average molecular weight is 290 g/mol. The molecule has 0 spiro atoms. The van der Waals surface area contributed by atoms with E-state index in [1.54, 1.807) is 13.8 Å². The van der Waals surface area contributed by atoms with E-state index in [9.17, 15) is 18.0 Å². The van der Waals surface area contributed by atoms with Crippen LogP contribution in [0.15, 0.2) is 24.3 Å². The maximum Gasteiger partial charge on any atom is 0.573 e. The summed E-state index contributed by atoms with van der Waals surface area (Å²) in [6, 6.07) is 4.79. The molecule has 4 nitrogen and oxygen atoms in total. The summed E-state index contributed by atoms with van der Waals surface area (Å²) in [6.07, 6.45) is -4.52. The normalized spacial score (nSPS) is 14.5. The maximum atomic E-state index is 12.0. The fourth-order valence-corrected chi connectivity index (χ4v) is 1.63. The number of carbonyl (C=O) groups is 1. The summed E-state index contributed by atoms with van der Waals surface area (Å²) in [6.45, 7) is 3.45. The van der Waals surface area contributed by atoms with Crippen molar-refractivity contribution < 1.29 is 22.7 Å². The molecule has 0 aliphatic heterocycles. The number of carbonyl (C=O) groups excluding carboxylic acids is 1. The van der Waals surface area contributed by atoms with Gasteiger partial charge < -0.3 is 15.8 Å². The largest absolute Gasteiger partial charge is 0.573 e. The molecule has 0 fully saturated rings. The molecule has 1 rings (SSSR count). The molecule has 0 radical (unpaired) electrons. The third-order valence-electron chi connectivity index (χ3n) is 2.50. The zero-order valence-electron chi connectivity index (χ0n) is 11.2. The van der Waals surface area contributed by atoms with Gasteiger partial charge in [0.25, 0.3) is 0 Å². The number of nitrogens with two attached hydrogens (primary N) is 1. The molecular weight excluding hydrogens is 273 g/mol. The van der Waals surface area contributed by atoms with Crippen LogP contribution in [0.4, 0.5) is 13.2 Å². The number of amides is 1. The van der Waals surface area contributed by atoms with Crippen LogP contribution in [0.2, 0.25) is 0 Å². The lowest BCUT2D eigenvalue weighted by Crippen LogP contribution is -2.31. The van der Waals surface area contributed by atoms with E-state index in [2.05, 4.69) is 10.1 Å². The summed E-state index contributed by atoms with van der Waals surface area (Å²) in [4.78, 5) is 11.5. The molecule has 0 aliphatic carbocycles. The van der Waals surface area contributed by atoms with Gasteiger partial charge in [-0.3, -0.25) is 4.79 Å². The molecule has 0 aromatic heterocycles. The van der Waals surface area contributed by atoms with Crippen LogP contribution in [0.25, 0.3) is 0 Å². The van der Waals surface area contributed by atoms with E-state index in [1.165, 1.54) is 24.3 Å². The second kappa shape index (κ2) is 6.60. The number of ether oxygens (including phenoxy) is 1. The fourth-order valence-electron chi connectivity index (χ4n) is 1.63. The first-order valence-electron chi connectivity index (χ1n) is 6.08. The van der Waals surface area contributed by atoms with Gasteiger partial charge in [-0.15, -0.1) is 13.2 Å². The molecule has 0 aliphatic rings. The molecule has 1 aromatic carbocycles. The summed E-state index contributed by atoms with van der Waals surface area (Å²) in [7, 11) is 0. The number of halogens is 3. The van der Waals surface area contributed by atoms with Gasteiger partial charge >= 0.3 is 6.36 Å². The molecule has 7 heteroatoms. The van der Waals surface area contributed by atoms with Gasteiger partial charge in [0.15, 0.2) is 0 Å². The Balaban J connectivity index is 2.61. The Bertz CT molecular complexity index is 444. The summed E-state index contributed by atoms with van der Waals surface area (Å²) >= 11 is 0. The molecule has 0 bridgehead atoms. The molecule has 0 saturated carbocycles. The van der Waals surface area contributed by atoms with Gasteiger partial charge in [-0.2, -0.15) is 0 Å². The number of hydrogen-bond acceptors (Lipinski definition) is 3. The van der Waals surface area contributed by atoms with Crippen LogP contribution in [0.3, 0.4) is 0 Å². The average Bonchev–Trinajstić information content (AvgIpc) is 2.26. The Morgan fingerprint density at radius 1 is 1.30 bits per heavy atom. The molecule has 1 aromatic rings. The highest BCUT2D eigenvalue weighted by molar-refractivity contribution is 5.76. The third-order valence-corrected chi connectivity index (χ3v) is 2.50. The second-order valence-corrected chi connectivity index (χ2v) is 4.59. The summed E-state index contributed by atoms with van der Waals surface area (Å²) in [5.74, 6) is -0.501. The molecule has 3 N–H and O–H groups in total. The van der Waals surface area contributed by atoms with E-state index < -0.39 is 6.36 Å². The Hall–Kier alpha value is -1.76. The number of alkyl halides is 3. The first-order chi connectivity index (χ1) is 9.17. The van der Waals surface area contributed by atoms with Crippen molar-refractivity contribution in [2.45, 2.75) is 38.7 Å². The van der Waals surface area contributed by atoms with Crippen molar-refractivity contribution in [1.82, 2.24) is 5.32 Å². The monoisotopic (exact) mass is 290 g/mol. The highest BCUT2D eigenvalue weighted by atomic mass is 19.4. The van der Waals surface area contributed by atoms with Gasteiger partial charge in [0, 0.05) is 12.5 Å². The Labute approximate surface area is 115 Å². The smallest absolute Gasteiger partial charge is 0.406 e.